The fourth-order valence-electron chi connectivity index (χ4n) is 3.80. The van der Waals surface area contributed by atoms with E-state index in [1.165, 1.54) is 6.07 Å². The van der Waals surface area contributed by atoms with Gasteiger partial charge in [0.1, 0.15) is 0 Å². The van der Waals surface area contributed by atoms with Gasteiger partial charge in [-0.25, -0.2) is 8.78 Å². The number of ether oxygens (including phenoxy) is 1. The quantitative estimate of drug-likeness (QED) is 0.484. The maximum absolute atomic E-state index is 14.9. The molecule has 8 heteroatoms. The predicted molar refractivity (Wildman–Crippen MR) is 128 cm³/mol. The van der Waals surface area contributed by atoms with E-state index in [-0.39, 0.29) is 36.9 Å². The van der Waals surface area contributed by atoms with Crippen LogP contribution in [0.4, 0.5) is 8.78 Å². The molecule has 0 radical (unpaired) electrons. The number of aryl methyl sites for hydroxylation is 2. The fourth-order valence-corrected chi connectivity index (χ4v) is 3.80. The van der Waals surface area contributed by atoms with E-state index in [4.69, 9.17) is 10.5 Å². The Kier molecular flexibility index (Phi) is 10.9. The first kappa shape index (κ1) is 28.5. The molecule has 5 nitrogen and oxygen atoms in total. The van der Waals surface area contributed by atoms with Gasteiger partial charge in [-0.05, 0) is 67.5 Å². The number of nitrogens with one attached hydrogen (secondary N) is 1. The van der Waals surface area contributed by atoms with Crippen molar-refractivity contribution in [3.8, 4) is 11.1 Å². The molecule has 0 saturated carbocycles. The van der Waals surface area contributed by atoms with Crippen LogP contribution in [0.1, 0.15) is 56.3 Å². The van der Waals surface area contributed by atoms with E-state index in [9.17, 15) is 18.4 Å². The number of carbonyl (C=O) groups is 2. The van der Waals surface area contributed by atoms with Crippen molar-refractivity contribution in [2.45, 2.75) is 59.5 Å². The minimum absolute atomic E-state index is 0. The lowest BCUT2D eigenvalue weighted by Gasteiger charge is -2.23. The van der Waals surface area contributed by atoms with E-state index in [1.54, 1.807) is 6.92 Å². The lowest BCUT2D eigenvalue weighted by atomic mass is 9.92. The molecule has 0 spiro atoms. The molecular weight excluding hydrogens is 450 g/mol. The molecule has 0 aliphatic rings. The Hall–Kier alpha value is -2.51. The van der Waals surface area contributed by atoms with Gasteiger partial charge < -0.3 is 15.8 Å². The van der Waals surface area contributed by atoms with Gasteiger partial charge in [0, 0.05) is 5.56 Å². The summed E-state index contributed by atoms with van der Waals surface area (Å²) in [6.45, 7) is 9.38. The van der Waals surface area contributed by atoms with Crippen LogP contribution in [0, 0.1) is 31.4 Å². The van der Waals surface area contributed by atoms with E-state index < -0.39 is 35.6 Å². The van der Waals surface area contributed by atoms with Crippen molar-refractivity contribution < 1.29 is 23.1 Å². The zero-order valence-corrected chi connectivity index (χ0v) is 20.5. The van der Waals surface area contributed by atoms with Gasteiger partial charge in [-0.1, -0.05) is 32.0 Å². The molecule has 1 amide bonds. The Balaban J connectivity index is 0.00000544. The molecular formula is C25H33ClF2N2O3. The SMILES string of the molecule is CCOC(=O)C[C@H](NC(=O)[C@@H](N)CC(C)C)c1cc(-c2c(C)cccc2C)cc(F)c1F.Cl. The summed E-state index contributed by atoms with van der Waals surface area (Å²) in [5, 5.41) is 2.63. The molecule has 2 rings (SSSR count). The molecule has 0 saturated heterocycles. The van der Waals surface area contributed by atoms with Crippen LogP contribution in [0.2, 0.25) is 0 Å². The fraction of sp³-hybridized carbons (Fsp3) is 0.440. The third kappa shape index (κ3) is 7.51. The van der Waals surface area contributed by atoms with E-state index in [2.05, 4.69) is 5.32 Å². The van der Waals surface area contributed by atoms with Crippen LogP contribution in [-0.2, 0) is 14.3 Å². The van der Waals surface area contributed by atoms with Crippen LogP contribution < -0.4 is 11.1 Å². The molecule has 0 aromatic heterocycles. The van der Waals surface area contributed by atoms with Crippen molar-refractivity contribution in [2.75, 3.05) is 6.61 Å². The molecule has 2 atom stereocenters. The van der Waals surface area contributed by atoms with Crippen LogP contribution in [0.25, 0.3) is 11.1 Å². The second-order valence-corrected chi connectivity index (χ2v) is 8.43. The molecule has 0 bridgehead atoms. The smallest absolute Gasteiger partial charge is 0.308 e. The van der Waals surface area contributed by atoms with E-state index in [0.29, 0.717) is 12.0 Å². The van der Waals surface area contributed by atoms with Crippen LogP contribution >= 0.6 is 12.4 Å². The standard InChI is InChI=1S/C25H32F2N2O3.ClH/c1-6-32-22(30)13-21(29-25(31)20(28)10-14(2)3)18-11-17(12-19(26)24(18)27)23-15(4)8-7-9-16(23)5;/h7-9,11-12,14,20-21H,6,10,13,28H2,1-5H3,(H,29,31);1H/t20-,21-;/m0./s1. The average molecular weight is 483 g/mol. The predicted octanol–water partition coefficient (Wildman–Crippen LogP) is 5.15. The Labute approximate surface area is 200 Å². The molecule has 182 valence electrons. The molecule has 0 aliphatic carbocycles. The van der Waals surface area contributed by atoms with E-state index in [1.807, 2.05) is 45.9 Å². The Morgan fingerprint density at radius 3 is 2.27 bits per heavy atom. The highest BCUT2D eigenvalue weighted by molar-refractivity contribution is 5.85. The largest absolute Gasteiger partial charge is 0.466 e. The number of nitrogens with two attached hydrogens (primary N) is 1. The van der Waals surface area contributed by atoms with Gasteiger partial charge in [-0.15, -0.1) is 12.4 Å². The van der Waals surface area contributed by atoms with Crippen LogP contribution in [-0.4, -0.2) is 24.5 Å². The normalized spacial score (nSPS) is 12.6. The van der Waals surface area contributed by atoms with Gasteiger partial charge in [0.25, 0.3) is 0 Å². The minimum atomic E-state index is -1.13. The van der Waals surface area contributed by atoms with E-state index >= 15 is 0 Å². The number of esters is 1. The first-order valence-electron chi connectivity index (χ1n) is 10.8. The lowest BCUT2D eigenvalue weighted by molar-refractivity contribution is -0.143. The van der Waals surface area contributed by atoms with Crippen molar-refractivity contribution >= 4 is 24.3 Å². The van der Waals surface area contributed by atoms with Gasteiger partial charge >= 0.3 is 5.97 Å². The first-order valence-corrected chi connectivity index (χ1v) is 10.8. The molecule has 3 N–H and O–H groups in total. The topological polar surface area (TPSA) is 81.4 Å². The van der Waals surface area contributed by atoms with Gasteiger partial charge in [-0.3, -0.25) is 9.59 Å². The van der Waals surface area contributed by atoms with Crippen molar-refractivity contribution in [3.05, 3.63) is 58.7 Å². The third-order valence-electron chi connectivity index (χ3n) is 5.26. The van der Waals surface area contributed by atoms with Crippen LogP contribution in [0.3, 0.4) is 0 Å². The maximum Gasteiger partial charge on any atom is 0.308 e. The molecule has 0 aliphatic heterocycles. The highest BCUT2D eigenvalue weighted by Crippen LogP contribution is 2.33. The second-order valence-electron chi connectivity index (χ2n) is 8.43. The molecule has 0 fully saturated rings. The molecule has 2 aromatic carbocycles. The highest BCUT2D eigenvalue weighted by atomic mass is 35.5. The number of hydrogen-bond acceptors (Lipinski definition) is 4. The van der Waals surface area contributed by atoms with Gasteiger partial charge in [0.2, 0.25) is 5.91 Å². The summed E-state index contributed by atoms with van der Waals surface area (Å²) >= 11 is 0. The summed E-state index contributed by atoms with van der Waals surface area (Å²) < 4.78 is 34.6. The lowest BCUT2D eigenvalue weighted by Crippen LogP contribution is -2.43. The van der Waals surface area contributed by atoms with Crippen molar-refractivity contribution in [1.29, 1.82) is 0 Å². The minimum Gasteiger partial charge on any atom is -0.466 e. The Bertz CT molecular complexity index is 962. The highest BCUT2D eigenvalue weighted by Gasteiger charge is 2.27. The number of halogens is 3. The zero-order valence-electron chi connectivity index (χ0n) is 19.7. The number of amides is 1. The number of hydrogen-bond donors (Lipinski definition) is 2. The summed E-state index contributed by atoms with van der Waals surface area (Å²) in [6, 6.07) is 6.29. The average Bonchev–Trinajstić information content (AvgIpc) is 2.69. The van der Waals surface area contributed by atoms with Crippen LogP contribution in [0.5, 0.6) is 0 Å². The Morgan fingerprint density at radius 2 is 1.73 bits per heavy atom. The summed E-state index contributed by atoms with van der Waals surface area (Å²) in [5.74, 6) is -3.18. The third-order valence-corrected chi connectivity index (χ3v) is 5.26. The number of carbonyl (C=O) groups excluding carboxylic acids is 2. The molecule has 33 heavy (non-hydrogen) atoms. The van der Waals surface area contributed by atoms with Crippen molar-refractivity contribution in [2.24, 2.45) is 11.7 Å². The van der Waals surface area contributed by atoms with Gasteiger partial charge in [0.15, 0.2) is 11.6 Å². The monoisotopic (exact) mass is 482 g/mol. The van der Waals surface area contributed by atoms with Crippen molar-refractivity contribution in [3.63, 3.8) is 0 Å². The summed E-state index contributed by atoms with van der Waals surface area (Å²) in [4.78, 5) is 24.9. The zero-order chi connectivity index (χ0) is 24.0. The number of benzene rings is 2. The summed E-state index contributed by atoms with van der Waals surface area (Å²) in [6.07, 6.45) is 0.0673. The summed E-state index contributed by atoms with van der Waals surface area (Å²) in [7, 11) is 0. The van der Waals surface area contributed by atoms with Gasteiger partial charge in [0.05, 0.1) is 25.1 Å². The van der Waals surface area contributed by atoms with Crippen molar-refractivity contribution in [1.82, 2.24) is 5.32 Å². The van der Waals surface area contributed by atoms with Crippen LogP contribution in [0.15, 0.2) is 30.3 Å². The second kappa shape index (κ2) is 12.7. The molecule has 2 aromatic rings. The maximum atomic E-state index is 14.9. The molecule has 0 unspecified atom stereocenters. The molecule has 0 heterocycles. The first-order chi connectivity index (χ1) is 15.0. The summed E-state index contributed by atoms with van der Waals surface area (Å²) in [5.41, 5.74) is 8.86. The van der Waals surface area contributed by atoms with E-state index in [0.717, 1.165) is 22.8 Å². The number of rotatable bonds is 9. The van der Waals surface area contributed by atoms with Gasteiger partial charge in [-0.2, -0.15) is 0 Å². The Morgan fingerprint density at radius 1 is 1.12 bits per heavy atom.